The van der Waals surface area contributed by atoms with Gasteiger partial charge in [0.1, 0.15) is 0 Å². The molecule has 0 saturated carbocycles. The van der Waals surface area contributed by atoms with E-state index in [9.17, 15) is 14.0 Å². The van der Waals surface area contributed by atoms with Crippen molar-refractivity contribution >= 4 is 5.91 Å². The highest BCUT2D eigenvalue weighted by Gasteiger charge is 2.13. The number of amides is 1. The number of hydrogen-bond acceptors (Lipinski definition) is 5. The van der Waals surface area contributed by atoms with Crippen LogP contribution in [0, 0.1) is 5.82 Å². The highest BCUT2D eigenvalue weighted by Crippen LogP contribution is 2.17. The smallest absolute Gasteiger partial charge is 0.254 e. The molecule has 0 saturated heterocycles. The lowest BCUT2D eigenvalue weighted by Crippen LogP contribution is -2.23. The van der Waals surface area contributed by atoms with Gasteiger partial charge in [0.05, 0.1) is 44.2 Å². The molecule has 4 rings (SSSR count). The van der Waals surface area contributed by atoms with Crippen LogP contribution in [-0.4, -0.2) is 32.3 Å². The van der Waals surface area contributed by atoms with E-state index in [1.807, 2.05) is 30.3 Å². The molecule has 0 bridgehead atoms. The van der Waals surface area contributed by atoms with Gasteiger partial charge in [-0.3, -0.25) is 19.3 Å². The first-order valence-electron chi connectivity index (χ1n) is 10.2. The van der Waals surface area contributed by atoms with Gasteiger partial charge in [-0.05, 0) is 17.2 Å². The Morgan fingerprint density at radius 2 is 1.85 bits per heavy atom. The van der Waals surface area contributed by atoms with Crippen LogP contribution >= 0.6 is 0 Å². The lowest BCUT2D eigenvalue weighted by atomic mass is 10.1. The first kappa shape index (κ1) is 21.9. The van der Waals surface area contributed by atoms with Gasteiger partial charge in [0, 0.05) is 30.7 Å². The van der Waals surface area contributed by atoms with Crippen molar-refractivity contribution in [2.45, 2.75) is 19.6 Å². The van der Waals surface area contributed by atoms with E-state index in [2.05, 4.69) is 15.4 Å². The third kappa shape index (κ3) is 5.32. The molecule has 3 heterocycles. The molecule has 0 fully saturated rings. The van der Waals surface area contributed by atoms with E-state index in [1.54, 1.807) is 27.7 Å². The summed E-state index contributed by atoms with van der Waals surface area (Å²) in [5.74, 6) is -0.908. The van der Waals surface area contributed by atoms with Gasteiger partial charge in [0.2, 0.25) is 0 Å². The highest BCUT2D eigenvalue weighted by atomic mass is 19.1. The predicted octanol–water partition coefficient (Wildman–Crippen LogP) is 2.61. The summed E-state index contributed by atoms with van der Waals surface area (Å²) in [4.78, 5) is 28.2. The molecule has 8 nitrogen and oxygen atoms in total. The molecule has 9 heteroatoms. The number of carbonyl (C=O) groups is 1. The van der Waals surface area contributed by atoms with Crippen LogP contribution in [0.2, 0.25) is 0 Å². The second-order valence-corrected chi connectivity index (χ2v) is 7.37. The molecule has 33 heavy (non-hydrogen) atoms. The third-order valence-electron chi connectivity index (χ3n) is 5.08. The zero-order valence-electron chi connectivity index (χ0n) is 17.9. The molecule has 0 aliphatic rings. The molecule has 168 valence electrons. The zero-order chi connectivity index (χ0) is 23.2. The van der Waals surface area contributed by atoms with Crippen LogP contribution in [0.25, 0.3) is 0 Å². The van der Waals surface area contributed by atoms with Gasteiger partial charge in [-0.2, -0.15) is 5.10 Å². The Balaban J connectivity index is 1.35. The molecule has 3 aromatic heterocycles. The molecule has 1 aromatic carbocycles. The van der Waals surface area contributed by atoms with Gasteiger partial charge in [0.25, 0.3) is 11.5 Å². The Morgan fingerprint density at radius 1 is 1.09 bits per heavy atom. The van der Waals surface area contributed by atoms with Crippen molar-refractivity contribution in [3.8, 4) is 5.75 Å². The minimum Gasteiger partial charge on any atom is -0.494 e. The van der Waals surface area contributed by atoms with E-state index < -0.39 is 5.82 Å². The van der Waals surface area contributed by atoms with Crippen molar-refractivity contribution < 1.29 is 13.9 Å². The van der Waals surface area contributed by atoms with Gasteiger partial charge in [-0.25, -0.2) is 4.39 Å². The lowest BCUT2D eigenvalue weighted by Gasteiger charge is -2.07. The van der Waals surface area contributed by atoms with Crippen LogP contribution in [-0.2, 0) is 19.6 Å². The molecule has 0 unspecified atom stereocenters. The first-order chi connectivity index (χ1) is 16.0. The summed E-state index contributed by atoms with van der Waals surface area (Å²) >= 11 is 0. The molecule has 0 atom stereocenters. The summed E-state index contributed by atoms with van der Waals surface area (Å²) in [5, 5.41) is 6.88. The largest absolute Gasteiger partial charge is 0.494 e. The summed E-state index contributed by atoms with van der Waals surface area (Å²) in [7, 11) is 1.37. The maximum absolute atomic E-state index is 14.2. The average molecular weight is 447 g/mol. The van der Waals surface area contributed by atoms with Crippen LogP contribution in [0.5, 0.6) is 5.75 Å². The Hall–Kier alpha value is -4.27. The SMILES string of the molecule is COc1ccnc(CNC(=O)c2cnn(Cc3ccc(Cn4ccccc4=O)cc3)c2)c1F. The Bertz CT molecular complexity index is 1310. The Morgan fingerprint density at radius 3 is 2.58 bits per heavy atom. The predicted molar refractivity (Wildman–Crippen MR) is 119 cm³/mol. The standard InChI is InChI=1S/C24H22FN5O3/c1-33-21-9-10-26-20(23(21)25)13-27-24(32)19-12-28-30(16-19)15-18-7-5-17(6-8-18)14-29-11-3-2-4-22(29)31/h2-12,16H,13-15H2,1H3,(H,27,32). The number of carbonyl (C=O) groups excluding carboxylic acids is 1. The summed E-state index contributed by atoms with van der Waals surface area (Å²) < 4.78 is 22.4. The zero-order valence-corrected chi connectivity index (χ0v) is 17.9. The fourth-order valence-electron chi connectivity index (χ4n) is 3.31. The number of halogens is 1. The Labute approximate surface area is 189 Å². The minimum absolute atomic E-state index is 0.0474. The summed E-state index contributed by atoms with van der Waals surface area (Å²) in [6.07, 6.45) is 6.26. The molecule has 0 radical (unpaired) electrons. The number of benzene rings is 1. The maximum atomic E-state index is 14.2. The number of methoxy groups -OCH3 is 1. The molecular weight excluding hydrogens is 425 g/mol. The Kier molecular flexibility index (Phi) is 6.58. The molecule has 4 aromatic rings. The number of aromatic nitrogens is 4. The van der Waals surface area contributed by atoms with Crippen LogP contribution < -0.4 is 15.6 Å². The van der Waals surface area contributed by atoms with E-state index in [0.717, 1.165) is 11.1 Å². The van der Waals surface area contributed by atoms with Gasteiger partial charge < -0.3 is 14.6 Å². The van der Waals surface area contributed by atoms with Crippen molar-refractivity contribution in [3.63, 3.8) is 0 Å². The number of hydrogen-bond donors (Lipinski definition) is 1. The quantitative estimate of drug-likeness (QED) is 0.448. The maximum Gasteiger partial charge on any atom is 0.254 e. The molecule has 1 amide bonds. The van der Waals surface area contributed by atoms with Gasteiger partial charge in [-0.1, -0.05) is 30.3 Å². The lowest BCUT2D eigenvalue weighted by molar-refractivity contribution is 0.0950. The van der Waals surface area contributed by atoms with Crippen molar-refractivity contribution in [1.82, 2.24) is 24.6 Å². The average Bonchev–Trinajstić information content (AvgIpc) is 3.29. The summed E-state index contributed by atoms with van der Waals surface area (Å²) in [6, 6.07) is 14.3. The van der Waals surface area contributed by atoms with Crippen molar-refractivity contribution in [3.05, 3.63) is 112 Å². The number of pyridine rings is 2. The fraction of sp³-hybridized carbons (Fsp3) is 0.167. The normalized spacial score (nSPS) is 10.7. The first-order valence-corrected chi connectivity index (χ1v) is 10.2. The minimum atomic E-state index is -0.600. The summed E-state index contributed by atoms with van der Waals surface area (Å²) in [6.45, 7) is 0.901. The fourth-order valence-corrected chi connectivity index (χ4v) is 3.31. The topological polar surface area (TPSA) is 91.0 Å². The van der Waals surface area contributed by atoms with Crippen molar-refractivity contribution in [2.24, 2.45) is 0 Å². The summed E-state index contributed by atoms with van der Waals surface area (Å²) in [5.41, 5.74) is 2.41. The number of ether oxygens (including phenoxy) is 1. The van der Waals surface area contributed by atoms with Crippen LogP contribution in [0.15, 0.2) is 78.1 Å². The molecule has 1 N–H and O–H groups in total. The van der Waals surface area contributed by atoms with Crippen molar-refractivity contribution in [1.29, 1.82) is 0 Å². The molecule has 0 aliphatic heterocycles. The van der Waals surface area contributed by atoms with Crippen LogP contribution in [0.3, 0.4) is 0 Å². The number of nitrogens with one attached hydrogen (secondary N) is 1. The van der Waals surface area contributed by atoms with Gasteiger partial charge >= 0.3 is 0 Å². The molecule has 0 spiro atoms. The number of nitrogens with zero attached hydrogens (tertiary/aromatic N) is 4. The van der Waals surface area contributed by atoms with E-state index in [4.69, 9.17) is 4.74 Å². The van der Waals surface area contributed by atoms with E-state index in [0.29, 0.717) is 18.7 Å². The van der Waals surface area contributed by atoms with Gasteiger partial charge in [-0.15, -0.1) is 0 Å². The second-order valence-electron chi connectivity index (χ2n) is 7.37. The number of rotatable bonds is 8. The monoisotopic (exact) mass is 447 g/mol. The third-order valence-corrected chi connectivity index (χ3v) is 5.08. The van der Waals surface area contributed by atoms with E-state index >= 15 is 0 Å². The van der Waals surface area contributed by atoms with Crippen LogP contribution in [0.4, 0.5) is 4.39 Å². The van der Waals surface area contributed by atoms with E-state index in [-0.39, 0.29) is 29.5 Å². The van der Waals surface area contributed by atoms with E-state index in [1.165, 1.54) is 31.6 Å². The highest BCUT2D eigenvalue weighted by molar-refractivity contribution is 5.93. The molecule has 0 aliphatic carbocycles. The van der Waals surface area contributed by atoms with Crippen molar-refractivity contribution in [2.75, 3.05) is 7.11 Å². The van der Waals surface area contributed by atoms with Crippen LogP contribution in [0.1, 0.15) is 27.2 Å². The van der Waals surface area contributed by atoms with Gasteiger partial charge in [0.15, 0.2) is 11.6 Å². The second kappa shape index (κ2) is 9.90. The molecular formula is C24H22FN5O3.